The lowest BCUT2D eigenvalue weighted by atomic mass is 10.2. The first-order valence-electron chi connectivity index (χ1n) is 7.80. The molecule has 0 bridgehead atoms. The van der Waals surface area contributed by atoms with E-state index in [2.05, 4.69) is 14.2 Å². The maximum atomic E-state index is 10.9. The van der Waals surface area contributed by atoms with E-state index in [1.165, 1.54) is 0 Å². The maximum absolute atomic E-state index is 10.9. The number of ether oxygens (including phenoxy) is 5. The molecule has 1 rings (SSSR count). The van der Waals surface area contributed by atoms with Crippen LogP contribution < -0.4 is 0 Å². The molecule has 8 nitrogen and oxygen atoms in total. The fraction of sp³-hybridized carbons (Fsp3) is 0.867. The van der Waals surface area contributed by atoms with Crippen LogP contribution in [-0.2, 0) is 28.5 Å². The van der Waals surface area contributed by atoms with Crippen LogP contribution >= 0.6 is 0 Å². The Balaban J connectivity index is 0.000000568. The summed E-state index contributed by atoms with van der Waals surface area (Å²) in [6.07, 6.45) is 2.50. The molecule has 8 heteroatoms. The van der Waals surface area contributed by atoms with Gasteiger partial charge in [-0.2, -0.15) is 0 Å². The summed E-state index contributed by atoms with van der Waals surface area (Å²) in [6, 6.07) is 0. The van der Waals surface area contributed by atoms with Crippen molar-refractivity contribution in [1.82, 2.24) is 0 Å². The van der Waals surface area contributed by atoms with Gasteiger partial charge in [0, 0.05) is 33.2 Å². The van der Waals surface area contributed by atoms with E-state index in [0.29, 0.717) is 32.5 Å². The summed E-state index contributed by atoms with van der Waals surface area (Å²) < 4.78 is 23.4. The van der Waals surface area contributed by atoms with Crippen molar-refractivity contribution >= 4 is 12.1 Å². The van der Waals surface area contributed by atoms with Crippen molar-refractivity contribution in [3.63, 3.8) is 0 Å². The van der Waals surface area contributed by atoms with Crippen molar-refractivity contribution in [2.45, 2.75) is 45.1 Å². The van der Waals surface area contributed by atoms with Crippen LogP contribution in [0.2, 0.25) is 0 Å². The number of aliphatic hydroxyl groups is 1. The minimum absolute atomic E-state index is 0.186. The molecule has 1 N–H and O–H groups in total. The summed E-state index contributed by atoms with van der Waals surface area (Å²) in [4.78, 5) is 21.7. The van der Waals surface area contributed by atoms with Gasteiger partial charge < -0.3 is 28.8 Å². The third kappa shape index (κ3) is 15.3. The van der Waals surface area contributed by atoms with Crippen LogP contribution in [0.3, 0.4) is 0 Å². The molecule has 0 saturated carbocycles. The SMILES string of the molecule is CCCC(=O)OCOC(=O)OCCCOC.OC1CCCOC1. The molecule has 0 aromatic rings. The second-order valence-corrected chi connectivity index (χ2v) is 4.84. The molecule has 0 amide bonds. The monoisotopic (exact) mass is 336 g/mol. The van der Waals surface area contributed by atoms with Gasteiger partial charge in [0.05, 0.1) is 19.3 Å². The van der Waals surface area contributed by atoms with Crippen molar-refractivity contribution in [3.8, 4) is 0 Å². The average Bonchev–Trinajstić information content (AvgIpc) is 2.53. The lowest BCUT2D eigenvalue weighted by molar-refractivity contribution is -0.153. The number of carbonyl (C=O) groups excluding carboxylic acids is 2. The predicted octanol–water partition coefficient (Wildman–Crippen LogP) is 1.63. The number of hydrogen-bond acceptors (Lipinski definition) is 8. The van der Waals surface area contributed by atoms with Crippen LogP contribution in [0.4, 0.5) is 4.79 Å². The number of carbonyl (C=O) groups is 2. The summed E-state index contributed by atoms with van der Waals surface area (Å²) in [5.74, 6) is -0.394. The molecule has 1 aliphatic rings. The second-order valence-electron chi connectivity index (χ2n) is 4.84. The van der Waals surface area contributed by atoms with Gasteiger partial charge in [-0.25, -0.2) is 4.79 Å². The van der Waals surface area contributed by atoms with Gasteiger partial charge in [-0.15, -0.1) is 0 Å². The molecule has 0 spiro atoms. The van der Waals surface area contributed by atoms with Crippen LogP contribution in [0, 0.1) is 0 Å². The Labute approximate surface area is 137 Å². The van der Waals surface area contributed by atoms with E-state index in [0.717, 1.165) is 19.4 Å². The zero-order chi connectivity index (χ0) is 17.3. The van der Waals surface area contributed by atoms with Crippen molar-refractivity contribution in [3.05, 3.63) is 0 Å². The topological polar surface area (TPSA) is 101 Å². The van der Waals surface area contributed by atoms with Gasteiger partial charge in [0.1, 0.15) is 0 Å². The molecule has 1 fully saturated rings. The maximum Gasteiger partial charge on any atom is 0.511 e. The number of aliphatic hydroxyl groups excluding tert-OH is 1. The minimum atomic E-state index is -0.847. The quantitative estimate of drug-likeness (QED) is 0.405. The number of hydrogen-bond donors (Lipinski definition) is 1. The summed E-state index contributed by atoms with van der Waals surface area (Å²) in [5, 5.41) is 8.78. The van der Waals surface area contributed by atoms with Crippen molar-refractivity contribution in [2.75, 3.05) is 40.3 Å². The molecule has 23 heavy (non-hydrogen) atoms. The molecule has 1 saturated heterocycles. The highest BCUT2D eigenvalue weighted by Gasteiger charge is 2.08. The van der Waals surface area contributed by atoms with E-state index < -0.39 is 18.9 Å². The summed E-state index contributed by atoms with van der Waals surface area (Å²) >= 11 is 0. The molecule has 1 unspecified atom stereocenters. The minimum Gasteiger partial charge on any atom is -0.434 e. The smallest absolute Gasteiger partial charge is 0.434 e. The van der Waals surface area contributed by atoms with Gasteiger partial charge in [-0.3, -0.25) is 4.79 Å². The highest BCUT2D eigenvalue weighted by atomic mass is 16.8. The van der Waals surface area contributed by atoms with Crippen LogP contribution in [-0.4, -0.2) is 63.7 Å². The first-order valence-corrected chi connectivity index (χ1v) is 7.80. The normalized spacial score (nSPS) is 16.7. The third-order valence-corrected chi connectivity index (χ3v) is 2.70. The Morgan fingerprint density at radius 1 is 1.22 bits per heavy atom. The van der Waals surface area contributed by atoms with Gasteiger partial charge in [-0.1, -0.05) is 6.92 Å². The highest BCUT2D eigenvalue weighted by molar-refractivity contribution is 5.69. The molecule has 1 heterocycles. The largest absolute Gasteiger partial charge is 0.511 e. The Bertz CT molecular complexity index is 302. The number of methoxy groups -OCH3 is 1. The Kier molecular flexibility index (Phi) is 14.6. The van der Waals surface area contributed by atoms with Crippen LogP contribution in [0.15, 0.2) is 0 Å². The van der Waals surface area contributed by atoms with Crippen molar-refractivity contribution in [1.29, 1.82) is 0 Å². The Morgan fingerprint density at radius 3 is 2.52 bits per heavy atom. The van der Waals surface area contributed by atoms with Crippen molar-refractivity contribution in [2.24, 2.45) is 0 Å². The molecule has 0 aromatic carbocycles. The lowest BCUT2D eigenvalue weighted by Gasteiger charge is -2.15. The van der Waals surface area contributed by atoms with E-state index >= 15 is 0 Å². The number of esters is 1. The molecular formula is C15H28O8. The lowest BCUT2D eigenvalue weighted by Crippen LogP contribution is -2.21. The molecule has 136 valence electrons. The van der Waals surface area contributed by atoms with Crippen LogP contribution in [0.25, 0.3) is 0 Å². The van der Waals surface area contributed by atoms with E-state index in [4.69, 9.17) is 14.6 Å². The fourth-order valence-corrected chi connectivity index (χ4v) is 1.54. The van der Waals surface area contributed by atoms with E-state index in [1.807, 2.05) is 6.92 Å². The van der Waals surface area contributed by atoms with Crippen LogP contribution in [0.1, 0.15) is 39.0 Å². The third-order valence-electron chi connectivity index (χ3n) is 2.70. The van der Waals surface area contributed by atoms with Crippen molar-refractivity contribution < 1.29 is 38.4 Å². The first kappa shape index (κ1) is 21.6. The molecule has 1 aliphatic heterocycles. The van der Waals surface area contributed by atoms with Gasteiger partial charge in [0.15, 0.2) is 0 Å². The Hall–Kier alpha value is -1.38. The van der Waals surface area contributed by atoms with E-state index in [1.54, 1.807) is 7.11 Å². The molecule has 0 aromatic heterocycles. The number of rotatable bonds is 8. The molecule has 1 atom stereocenters. The highest BCUT2D eigenvalue weighted by Crippen LogP contribution is 2.03. The molecular weight excluding hydrogens is 308 g/mol. The van der Waals surface area contributed by atoms with E-state index in [-0.39, 0.29) is 12.7 Å². The van der Waals surface area contributed by atoms with Crippen LogP contribution in [0.5, 0.6) is 0 Å². The summed E-state index contributed by atoms with van der Waals surface area (Å²) in [5.41, 5.74) is 0. The van der Waals surface area contributed by atoms with E-state index in [9.17, 15) is 9.59 Å². The standard InChI is InChI=1S/C10H18O6.C5H10O2/c1-3-5-9(11)15-8-16-10(12)14-7-4-6-13-2;6-5-2-1-3-7-4-5/h3-8H2,1-2H3;5-6H,1-4H2. The summed E-state index contributed by atoms with van der Waals surface area (Å²) in [7, 11) is 1.56. The molecule has 0 radical (unpaired) electrons. The summed E-state index contributed by atoms with van der Waals surface area (Å²) in [6.45, 7) is 3.56. The van der Waals surface area contributed by atoms with Gasteiger partial charge in [0.2, 0.25) is 6.79 Å². The van der Waals surface area contributed by atoms with Gasteiger partial charge in [0.25, 0.3) is 0 Å². The predicted molar refractivity (Wildman–Crippen MR) is 80.9 cm³/mol. The average molecular weight is 336 g/mol. The zero-order valence-corrected chi connectivity index (χ0v) is 14.0. The first-order chi connectivity index (χ1) is 11.1. The second kappa shape index (κ2) is 15.5. The Morgan fingerprint density at radius 2 is 2.00 bits per heavy atom. The fourth-order valence-electron chi connectivity index (χ4n) is 1.54. The zero-order valence-electron chi connectivity index (χ0n) is 14.0. The molecule has 0 aliphatic carbocycles. The van der Waals surface area contributed by atoms with Gasteiger partial charge in [-0.05, 0) is 19.3 Å². The van der Waals surface area contributed by atoms with Gasteiger partial charge >= 0.3 is 12.1 Å².